The molecule has 5 rings (SSSR count). The Hall–Kier alpha value is -4.46. The van der Waals surface area contributed by atoms with E-state index in [1.165, 1.54) is 12.3 Å². The molecule has 9 nitrogen and oxygen atoms in total. The number of fused-ring (bicyclic) bond motifs is 1. The largest absolute Gasteiger partial charge is 0.382 e. The SMILES string of the molecule is Cc1nc2c(C#Cc3cncc(C(=O)Nc4ccc(CN5CCN(C)CC5)c(F)c4)c3)cnc(N)c2nc1C. The minimum atomic E-state index is -0.408. The van der Waals surface area contributed by atoms with Gasteiger partial charge < -0.3 is 16.0 Å². The number of carbonyl (C=O) groups excluding carboxylic acids is 1. The molecule has 1 saturated heterocycles. The molecule has 0 saturated carbocycles. The summed E-state index contributed by atoms with van der Waals surface area (Å²) in [6, 6.07) is 6.42. The van der Waals surface area contributed by atoms with Gasteiger partial charge >= 0.3 is 0 Å². The third-order valence-electron chi connectivity index (χ3n) is 6.78. The molecular formula is C29H29FN8O. The molecule has 198 valence electrons. The molecule has 0 radical (unpaired) electrons. The first-order chi connectivity index (χ1) is 18.8. The normalized spacial score (nSPS) is 14.2. The summed E-state index contributed by atoms with van der Waals surface area (Å²) in [6.45, 7) is 8.01. The minimum absolute atomic E-state index is 0.287. The van der Waals surface area contributed by atoms with Crippen molar-refractivity contribution in [1.29, 1.82) is 0 Å². The van der Waals surface area contributed by atoms with E-state index in [-0.39, 0.29) is 11.6 Å². The number of aryl methyl sites for hydroxylation is 2. The lowest BCUT2D eigenvalue weighted by Gasteiger charge is -2.32. The third kappa shape index (κ3) is 6.00. The van der Waals surface area contributed by atoms with Gasteiger partial charge in [0.1, 0.15) is 16.9 Å². The van der Waals surface area contributed by atoms with E-state index >= 15 is 0 Å². The highest BCUT2D eigenvalue weighted by atomic mass is 19.1. The van der Waals surface area contributed by atoms with E-state index in [0.717, 1.165) is 37.6 Å². The van der Waals surface area contributed by atoms with Gasteiger partial charge in [0.05, 0.1) is 22.5 Å². The van der Waals surface area contributed by atoms with E-state index in [1.54, 1.807) is 30.6 Å². The Labute approximate surface area is 226 Å². The molecule has 0 bridgehead atoms. The van der Waals surface area contributed by atoms with Crippen molar-refractivity contribution >= 4 is 28.4 Å². The molecule has 4 heterocycles. The number of piperazine rings is 1. The summed E-state index contributed by atoms with van der Waals surface area (Å²) in [5.41, 5.74) is 11.0. The zero-order valence-corrected chi connectivity index (χ0v) is 22.1. The van der Waals surface area contributed by atoms with Crippen molar-refractivity contribution in [1.82, 2.24) is 29.7 Å². The Morgan fingerprint density at radius 2 is 1.77 bits per heavy atom. The van der Waals surface area contributed by atoms with Gasteiger partial charge in [-0.05, 0) is 39.1 Å². The number of hydrogen-bond acceptors (Lipinski definition) is 8. The van der Waals surface area contributed by atoms with Crippen LogP contribution >= 0.6 is 0 Å². The van der Waals surface area contributed by atoms with Crippen LogP contribution in [0.4, 0.5) is 15.9 Å². The zero-order chi connectivity index (χ0) is 27.5. The van der Waals surface area contributed by atoms with Crippen LogP contribution in [-0.2, 0) is 6.54 Å². The molecule has 0 aliphatic carbocycles. The maximum Gasteiger partial charge on any atom is 0.257 e. The van der Waals surface area contributed by atoms with Crippen LogP contribution in [0.3, 0.4) is 0 Å². The van der Waals surface area contributed by atoms with Crippen LogP contribution in [0.5, 0.6) is 0 Å². The second kappa shape index (κ2) is 11.1. The molecule has 4 aromatic rings. The van der Waals surface area contributed by atoms with Gasteiger partial charge in [0.25, 0.3) is 5.91 Å². The molecule has 0 unspecified atom stereocenters. The number of halogens is 1. The summed E-state index contributed by atoms with van der Waals surface area (Å²) in [7, 11) is 2.09. The van der Waals surface area contributed by atoms with Crippen LogP contribution in [0.15, 0.2) is 42.9 Å². The molecule has 1 fully saturated rings. The second-order valence-electron chi connectivity index (χ2n) is 9.70. The lowest BCUT2D eigenvalue weighted by atomic mass is 10.1. The number of nitrogen functional groups attached to an aromatic ring is 1. The Balaban J connectivity index is 1.30. The number of nitrogens with zero attached hydrogens (tertiary/aromatic N) is 6. The Bertz CT molecular complexity index is 1620. The highest BCUT2D eigenvalue weighted by molar-refractivity contribution is 6.04. The maximum atomic E-state index is 14.8. The number of anilines is 2. The van der Waals surface area contributed by atoms with E-state index in [1.807, 2.05) is 13.8 Å². The van der Waals surface area contributed by atoms with Crippen molar-refractivity contribution in [3.8, 4) is 11.8 Å². The topological polar surface area (TPSA) is 113 Å². The molecular weight excluding hydrogens is 495 g/mol. The number of nitrogens with two attached hydrogens (primary N) is 1. The number of pyridine rings is 2. The fraction of sp³-hybridized carbons (Fsp3) is 0.276. The van der Waals surface area contributed by atoms with Crippen molar-refractivity contribution in [2.45, 2.75) is 20.4 Å². The summed E-state index contributed by atoms with van der Waals surface area (Å²) in [5, 5.41) is 2.75. The van der Waals surface area contributed by atoms with Crippen LogP contribution in [-0.4, -0.2) is 68.9 Å². The molecule has 1 aromatic carbocycles. The third-order valence-corrected chi connectivity index (χ3v) is 6.78. The number of carbonyl (C=O) groups is 1. The number of rotatable bonds is 4. The zero-order valence-electron chi connectivity index (χ0n) is 22.1. The highest BCUT2D eigenvalue weighted by Crippen LogP contribution is 2.21. The van der Waals surface area contributed by atoms with Gasteiger partial charge in [-0.15, -0.1) is 0 Å². The fourth-order valence-corrected chi connectivity index (χ4v) is 4.29. The molecule has 39 heavy (non-hydrogen) atoms. The average molecular weight is 525 g/mol. The van der Waals surface area contributed by atoms with Crippen LogP contribution < -0.4 is 11.1 Å². The Morgan fingerprint density at radius 1 is 1.03 bits per heavy atom. The highest BCUT2D eigenvalue weighted by Gasteiger charge is 2.16. The fourth-order valence-electron chi connectivity index (χ4n) is 4.29. The van der Waals surface area contributed by atoms with E-state index in [2.05, 4.69) is 53.9 Å². The molecule has 3 aromatic heterocycles. The maximum absolute atomic E-state index is 14.8. The lowest BCUT2D eigenvalue weighted by molar-refractivity contribution is 0.102. The summed E-state index contributed by atoms with van der Waals surface area (Å²) < 4.78 is 14.8. The predicted molar refractivity (Wildman–Crippen MR) is 149 cm³/mol. The van der Waals surface area contributed by atoms with Crippen molar-refractivity contribution in [2.75, 3.05) is 44.3 Å². The summed E-state index contributed by atoms with van der Waals surface area (Å²) in [4.78, 5) is 34.8. The van der Waals surface area contributed by atoms with Gasteiger partial charge in [0.2, 0.25) is 0 Å². The first-order valence-corrected chi connectivity index (χ1v) is 12.6. The van der Waals surface area contributed by atoms with Gasteiger partial charge in [-0.3, -0.25) is 14.7 Å². The van der Waals surface area contributed by atoms with Crippen molar-refractivity contribution < 1.29 is 9.18 Å². The molecule has 10 heteroatoms. The van der Waals surface area contributed by atoms with Gasteiger partial charge in [-0.1, -0.05) is 17.9 Å². The molecule has 0 atom stereocenters. The van der Waals surface area contributed by atoms with Crippen molar-refractivity contribution in [3.63, 3.8) is 0 Å². The van der Waals surface area contributed by atoms with E-state index < -0.39 is 5.91 Å². The Kier molecular flexibility index (Phi) is 7.45. The minimum Gasteiger partial charge on any atom is -0.382 e. The first kappa shape index (κ1) is 26.2. The monoisotopic (exact) mass is 524 g/mol. The Morgan fingerprint density at radius 3 is 2.51 bits per heavy atom. The summed E-state index contributed by atoms with van der Waals surface area (Å²) in [6.07, 6.45) is 4.56. The van der Waals surface area contributed by atoms with Crippen molar-refractivity contribution in [3.05, 3.63) is 82.3 Å². The van der Waals surface area contributed by atoms with Gasteiger partial charge in [0, 0.05) is 68.1 Å². The standard InChI is InChI=1S/C29H29FN8O/c1-18-19(2)35-27-26(34-18)21(16-33-28(27)31)5-4-20-12-23(15-32-14-20)29(39)36-24-7-6-22(25(30)13-24)17-38-10-8-37(3)9-11-38/h6-7,12-16H,8-11,17H2,1-3H3,(H2,31,33)(H,36,39). The van der Waals surface area contributed by atoms with Gasteiger partial charge in [-0.2, -0.15) is 0 Å². The number of likely N-dealkylation sites (N-methyl/N-ethyl adjacent to an activating group) is 1. The van der Waals surface area contributed by atoms with Crippen LogP contribution in [0.2, 0.25) is 0 Å². The van der Waals surface area contributed by atoms with Crippen LogP contribution in [0.25, 0.3) is 11.0 Å². The van der Waals surface area contributed by atoms with E-state index in [0.29, 0.717) is 45.5 Å². The molecule has 3 N–H and O–H groups in total. The smallest absolute Gasteiger partial charge is 0.257 e. The van der Waals surface area contributed by atoms with Crippen LogP contribution in [0, 0.1) is 31.5 Å². The number of benzene rings is 1. The predicted octanol–water partition coefficient (Wildman–Crippen LogP) is 3.16. The van der Waals surface area contributed by atoms with Crippen LogP contribution in [0.1, 0.15) is 38.4 Å². The van der Waals surface area contributed by atoms with E-state index in [4.69, 9.17) is 5.73 Å². The molecule has 0 spiro atoms. The lowest BCUT2D eigenvalue weighted by Crippen LogP contribution is -2.44. The number of amides is 1. The number of hydrogen-bond donors (Lipinski definition) is 2. The summed E-state index contributed by atoms with van der Waals surface area (Å²) in [5.74, 6) is 5.59. The molecule has 1 amide bonds. The number of aromatic nitrogens is 4. The van der Waals surface area contributed by atoms with Crippen molar-refractivity contribution in [2.24, 2.45) is 0 Å². The molecule has 1 aliphatic rings. The van der Waals surface area contributed by atoms with E-state index in [9.17, 15) is 9.18 Å². The second-order valence-corrected chi connectivity index (χ2v) is 9.70. The first-order valence-electron chi connectivity index (χ1n) is 12.6. The molecule has 1 aliphatic heterocycles. The number of nitrogens with one attached hydrogen (secondary N) is 1. The van der Waals surface area contributed by atoms with Gasteiger partial charge in [-0.25, -0.2) is 19.3 Å². The van der Waals surface area contributed by atoms with Gasteiger partial charge in [0.15, 0.2) is 5.82 Å². The quantitative estimate of drug-likeness (QED) is 0.392. The average Bonchev–Trinajstić information content (AvgIpc) is 2.92. The summed E-state index contributed by atoms with van der Waals surface area (Å²) >= 11 is 0.